The first-order chi connectivity index (χ1) is 19.0. The number of guanidine groups is 2. The fourth-order valence-electron chi connectivity index (χ4n) is 7.32. The highest BCUT2D eigenvalue weighted by Gasteiger charge is 2.82. The van der Waals surface area contributed by atoms with Gasteiger partial charge in [0.15, 0.2) is 0 Å². The molecule has 0 unspecified atom stereocenters. The van der Waals surface area contributed by atoms with Gasteiger partial charge in [0.25, 0.3) is 11.9 Å². The quantitative estimate of drug-likeness (QED) is 0.182. The first kappa shape index (κ1) is 31.1. The molecule has 0 aromatic carbocycles. The maximum absolute atomic E-state index is 13.8. The number of hydrogen-bond acceptors (Lipinski definition) is 10. The molecule has 6 aliphatic heterocycles. The number of halogens is 8. The minimum absolute atomic E-state index is 0.0771. The molecule has 234 valence electrons. The zero-order valence-corrected chi connectivity index (χ0v) is 24.5. The summed E-state index contributed by atoms with van der Waals surface area (Å²) in [6, 6.07) is 0. The zero-order valence-electron chi connectivity index (χ0n) is 21.3. The maximum atomic E-state index is 13.8. The Bertz CT molecular complexity index is 1290. The third-order valence-corrected chi connectivity index (χ3v) is 10.6. The van der Waals surface area contributed by atoms with E-state index in [1.54, 1.807) is 9.80 Å². The molecule has 6 heterocycles. The van der Waals surface area contributed by atoms with Crippen LogP contribution < -0.4 is 0 Å². The zero-order chi connectivity index (χ0) is 30.2. The lowest BCUT2D eigenvalue weighted by molar-refractivity contribution is -0.436. The van der Waals surface area contributed by atoms with Crippen LogP contribution in [0.2, 0.25) is 0 Å². The summed E-state index contributed by atoms with van der Waals surface area (Å²) in [6.45, 7) is -6.58. The maximum Gasteiger partial charge on any atom is 0.519 e. The standard InChI is InChI=1S/C16H24B2F6N6O6S2.CH2Cl2/c19-15(20,21)37(31,32)35-17-18(36-38(33,34)16(22,23)24,28-10-2-6-25-5-1-9-27(17)13(25)28)30-12-4-8-26-7-3-11-29(17)14(26)30;2-1-3/h1-12H2;1H2/t17-,18+;. The molecular weight excluding hydrogens is 655 g/mol. The SMILES string of the molecule is ClCCl.O=S(=O)(O[B@-]12N3CCCN4CCC[N+](=C43)[B@@-]1(OS(=O)(=O)C(F)(F)F)N1CCCN3CCC[N+]2=C31)C(F)(F)F. The van der Waals surface area contributed by atoms with Crippen molar-refractivity contribution >= 4 is 68.4 Å². The van der Waals surface area contributed by atoms with Crippen molar-refractivity contribution in [2.75, 3.05) is 57.7 Å². The first-order valence-electron chi connectivity index (χ1n) is 12.8. The highest BCUT2D eigenvalue weighted by molar-refractivity contribution is 7.90. The second-order valence-corrected chi connectivity index (χ2v) is 14.3. The van der Waals surface area contributed by atoms with Gasteiger partial charge < -0.3 is 26.8 Å². The van der Waals surface area contributed by atoms with E-state index >= 15 is 0 Å². The van der Waals surface area contributed by atoms with Gasteiger partial charge in [0, 0.05) is 51.9 Å². The van der Waals surface area contributed by atoms with Crippen molar-refractivity contribution in [3.8, 4) is 0 Å². The van der Waals surface area contributed by atoms with Crippen LogP contribution >= 0.6 is 23.2 Å². The third-order valence-electron chi connectivity index (χ3n) is 8.36. The molecule has 2 atom stereocenters. The van der Waals surface area contributed by atoms with Crippen molar-refractivity contribution in [2.24, 2.45) is 0 Å². The predicted octanol–water partition coefficient (Wildman–Crippen LogP) is 0.684. The molecule has 0 aromatic rings. The van der Waals surface area contributed by atoms with Crippen LogP contribution in [0.3, 0.4) is 0 Å². The smallest absolute Gasteiger partial charge is 0.430 e. The van der Waals surface area contributed by atoms with Gasteiger partial charge in [-0.2, -0.15) is 43.2 Å². The van der Waals surface area contributed by atoms with Crippen LogP contribution in [0.1, 0.15) is 25.7 Å². The second-order valence-electron chi connectivity index (χ2n) is 10.4. The Kier molecular flexibility index (Phi) is 7.66. The van der Waals surface area contributed by atoms with Crippen molar-refractivity contribution in [3.05, 3.63) is 0 Å². The molecule has 12 nitrogen and oxygen atoms in total. The van der Waals surface area contributed by atoms with Crippen LogP contribution in [0.25, 0.3) is 0 Å². The fourth-order valence-corrected chi connectivity index (χ4v) is 8.99. The lowest BCUT2D eigenvalue weighted by Crippen LogP contribution is -2.82. The first-order valence-corrected chi connectivity index (χ1v) is 16.7. The molecule has 0 N–H and O–H groups in total. The lowest BCUT2D eigenvalue weighted by Gasteiger charge is -2.51. The van der Waals surface area contributed by atoms with E-state index in [1.807, 2.05) is 0 Å². The number of alkyl halides is 8. The van der Waals surface area contributed by atoms with Crippen LogP contribution in [-0.2, 0) is 28.4 Å². The molecule has 6 aliphatic rings. The Balaban J connectivity index is 0.00000108. The average molecular weight is 681 g/mol. The van der Waals surface area contributed by atoms with Gasteiger partial charge in [-0.1, -0.05) is 0 Å². The van der Waals surface area contributed by atoms with Gasteiger partial charge >= 0.3 is 44.3 Å². The van der Waals surface area contributed by atoms with Crippen molar-refractivity contribution in [1.82, 2.24) is 19.4 Å². The minimum Gasteiger partial charge on any atom is -0.430 e. The summed E-state index contributed by atoms with van der Waals surface area (Å²) >= 11 is 9.53. The Morgan fingerprint density at radius 3 is 1.29 bits per heavy atom. The van der Waals surface area contributed by atoms with E-state index in [1.165, 1.54) is 18.6 Å². The van der Waals surface area contributed by atoms with E-state index in [9.17, 15) is 43.2 Å². The molecule has 0 aromatic heterocycles. The largest absolute Gasteiger partial charge is 0.519 e. The fraction of sp³-hybridized carbons (Fsp3) is 0.882. The van der Waals surface area contributed by atoms with Gasteiger partial charge in [0.1, 0.15) is 0 Å². The predicted molar refractivity (Wildman–Crippen MR) is 135 cm³/mol. The topological polar surface area (TPSA) is 106 Å². The minimum atomic E-state index is -6.45. The molecule has 6 rings (SSSR count). The van der Waals surface area contributed by atoms with Gasteiger partial charge in [0.05, 0.1) is 31.5 Å². The summed E-state index contributed by atoms with van der Waals surface area (Å²) in [4.78, 5) is 5.87. The number of hydrogen-bond donors (Lipinski definition) is 0. The third kappa shape index (κ3) is 4.32. The van der Waals surface area contributed by atoms with E-state index < -0.39 is 44.3 Å². The molecule has 0 saturated carbocycles. The Morgan fingerprint density at radius 1 is 0.659 bits per heavy atom. The number of nitrogens with zero attached hydrogens (tertiary/aromatic N) is 6. The van der Waals surface area contributed by atoms with Crippen LogP contribution in [-0.4, -0.2) is 139 Å². The van der Waals surface area contributed by atoms with E-state index in [0.29, 0.717) is 51.9 Å². The molecule has 0 aliphatic carbocycles. The highest BCUT2D eigenvalue weighted by atomic mass is 35.5. The van der Waals surface area contributed by atoms with Crippen LogP contribution in [0.15, 0.2) is 0 Å². The summed E-state index contributed by atoms with van der Waals surface area (Å²) in [6.07, 6.45) is 1.28. The van der Waals surface area contributed by atoms with Crippen LogP contribution in [0.4, 0.5) is 26.3 Å². The summed E-state index contributed by atoms with van der Waals surface area (Å²) in [5, 5.41) is 0.194. The lowest BCUT2D eigenvalue weighted by atomic mass is 9.21. The van der Waals surface area contributed by atoms with Crippen molar-refractivity contribution in [2.45, 2.75) is 36.7 Å². The summed E-state index contributed by atoms with van der Waals surface area (Å²) in [5.74, 6) is 0.248. The molecule has 2 fully saturated rings. The highest BCUT2D eigenvalue weighted by Crippen LogP contribution is 2.49. The molecule has 0 bridgehead atoms. The van der Waals surface area contributed by atoms with Crippen LogP contribution in [0.5, 0.6) is 0 Å². The Morgan fingerprint density at radius 2 is 0.976 bits per heavy atom. The van der Waals surface area contributed by atoms with Crippen molar-refractivity contribution < 1.29 is 60.4 Å². The number of rotatable bonds is 4. The molecule has 0 radical (unpaired) electrons. The average Bonchev–Trinajstić information content (AvgIpc) is 3.23. The molecule has 0 amide bonds. The molecule has 41 heavy (non-hydrogen) atoms. The molecule has 24 heteroatoms. The Labute approximate surface area is 242 Å². The van der Waals surface area contributed by atoms with Gasteiger partial charge in [-0.3, -0.25) is 9.80 Å². The van der Waals surface area contributed by atoms with E-state index in [0.717, 1.165) is 0 Å². The summed E-state index contributed by atoms with van der Waals surface area (Å²) in [5.41, 5.74) is -11.9. The molecular formula is C17H26B2Cl2F6N6O6S2. The van der Waals surface area contributed by atoms with E-state index in [4.69, 9.17) is 31.4 Å². The van der Waals surface area contributed by atoms with Gasteiger partial charge in [0.2, 0.25) is 0 Å². The second kappa shape index (κ2) is 10.1. The van der Waals surface area contributed by atoms with E-state index in [2.05, 4.69) is 0 Å². The normalized spacial score (nSPS) is 29.8. The van der Waals surface area contributed by atoms with Gasteiger partial charge in [-0.05, 0) is 0 Å². The number of fused-ring (bicyclic) bond motifs is 5. The summed E-state index contributed by atoms with van der Waals surface area (Å²) in [7, 11) is -12.9. The summed E-state index contributed by atoms with van der Waals surface area (Å²) < 4.78 is 147. The van der Waals surface area contributed by atoms with Gasteiger partial charge in [-0.15, -0.1) is 23.2 Å². The van der Waals surface area contributed by atoms with E-state index in [-0.39, 0.29) is 43.4 Å². The van der Waals surface area contributed by atoms with Crippen molar-refractivity contribution in [1.29, 1.82) is 0 Å². The molecule has 0 spiro atoms. The van der Waals surface area contributed by atoms with Crippen molar-refractivity contribution in [3.63, 3.8) is 0 Å². The Hall–Kier alpha value is -1.35. The monoisotopic (exact) mass is 680 g/mol. The van der Waals surface area contributed by atoms with Gasteiger partial charge in [-0.25, -0.2) is 0 Å². The van der Waals surface area contributed by atoms with Crippen LogP contribution in [0, 0.1) is 0 Å². The molecule has 2 saturated heterocycles.